The number of para-hydroxylation sites is 1. The number of benzene rings is 2. The van der Waals surface area contributed by atoms with Crippen molar-refractivity contribution >= 4 is 35.6 Å². The zero-order valence-corrected chi connectivity index (χ0v) is 25.6. The van der Waals surface area contributed by atoms with Gasteiger partial charge in [-0.3, -0.25) is 4.57 Å². The molecule has 0 spiro atoms. The summed E-state index contributed by atoms with van der Waals surface area (Å²) < 4.78 is 42.8. The number of halogens is 1. The molecule has 0 atom stereocenters. The highest BCUT2D eigenvalue weighted by molar-refractivity contribution is 7.92. The van der Waals surface area contributed by atoms with Gasteiger partial charge in [0.05, 0.1) is 24.8 Å². The molecule has 208 valence electrons. The first kappa shape index (κ1) is 28.9. The second kappa shape index (κ2) is 12.0. The number of ether oxygens (including phenoxy) is 1. The third-order valence-electron chi connectivity index (χ3n) is 6.48. The van der Waals surface area contributed by atoms with Crippen LogP contribution in [-0.4, -0.2) is 50.7 Å². The van der Waals surface area contributed by atoms with E-state index in [2.05, 4.69) is 29.8 Å². The zero-order valence-electron chi connectivity index (χ0n) is 23.0. The predicted octanol–water partition coefficient (Wildman–Crippen LogP) is 6.47. The number of rotatable bonds is 12. The van der Waals surface area contributed by atoms with Crippen molar-refractivity contribution in [3.8, 4) is 23.0 Å². The van der Waals surface area contributed by atoms with Gasteiger partial charge in [-0.2, -0.15) is 0 Å². The molecule has 0 saturated heterocycles. The smallest absolute Gasteiger partial charge is 0.246 e. The Morgan fingerprint density at radius 2 is 1.79 bits per heavy atom. The number of aromatic nitrogens is 3. The van der Waals surface area contributed by atoms with Crippen molar-refractivity contribution < 1.29 is 17.6 Å². The molecule has 0 aliphatic heterocycles. The third-order valence-corrected chi connectivity index (χ3v) is 10.2. The Kier molecular flexibility index (Phi) is 8.88. The number of aryl methyl sites for hydroxylation is 2. The topological polar surface area (TPSA) is 90.5 Å². The molecule has 0 saturated carbocycles. The molecule has 4 aromatic rings. The zero-order chi connectivity index (χ0) is 28.2. The Bertz CT molecular complexity index is 1480. The first-order chi connectivity index (χ1) is 18.5. The Hall–Kier alpha value is -3.08. The molecule has 4 rings (SSSR count). The molecule has 0 N–H and O–H groups in total. The van der Waals surface area contributed by atoms with Crippen molar-refractivity contribution in [2.45, 2.75) is 45.5 Å². The summed E-state index contributed by atoms with van der Waals surface area (Å²) in [6.45, 7) is 9.01. The lowest BCUT2D eigenvalue weighted by atomic mass is 10.1. The van der Waals surface area contributed by atoms with Gasteiger partial charge in [-0.25, -0.2) is 12.7 Å². The summed E-state index contributed by atoms with van der Waals surface area (Å²) in [7, 11) is -3.83. The molecule has 2 aromatic carbocycles. The van der Waals surface area contributed by atoms with Crippen molar-refractivity contribution in [3.63, 3.8) is 0 Å². The van der Waals surface area contributed by atoms with Gasteiger partial charge in [0, 0.05) is 19.6 Å². The SMILES string of the molecule is CCc1cccc(OC)c1-n1c(-c2ccco2)nnc1N(CC[Si](C)(C)C)S(=O)(=O)CCc1ccc(Cl)cc1. The summed E-state index contributed by atoms with van der Waals surface area (Å²) in [4.78, 5) is 0. The normalized spacial score (nSPS) is 12.1. The van der Waals surface area contributed by atoms with E-state index in [0.717, 1.165) is 17.2 Å². The summed E-state index contributed by atoms with van der Waals surface area (Å²) in [6.07, 6.45) is 2.60. The molecule has 0 radical (unpaired) electrons. The van der Waals surface area contributed by atoms with Crippen molar-refractivity contribution in [1.82, 2.24) is 14.8 Å². The van der Waals surface area contributed by atoms with Crippen LogP contribution in [0.4, 0.5) is 5.95 Å². The highest BCUT2D eigenvalue weighted by atomic mass is 35.5. The van der Waals surface area contributed by atoms with Crippen molar-refractivity contribution in [1.29, 1.82) is 0 Å². The number of hydrogen-bond donors (Lipinski definition) is 0. The molecule has 0 bridgehead atoms. The van der Waals surface area contributed by atoms with E-state index in [1.54, 1.807) is 42.2 Å². The van der Waals surface area contributed by atoms with Crippen LogP contribution in [0.5, 0.6) is 5.75 Å². The van der Waals surface area contributed by atoms with Gasteiger partial charge in [-0.05, 0) is 60.3 Å². The van der Waals surface area contributed by atoms with Gasteiger partial charge in [0.2, 0.25) is 21.8 Å². The van der Waals surface area contributed by atoms with Crippen LogP contribution in [0.3, 0.4) is 0 Å². The molecule has 8 nitrogen and oxygen atoms in total. The number of methoxy groups -OCH3 is 1. The molecule has 0 unspecified atom stereocenters. The standard InChI is InChI=1S/C28H35ClN4O4SSi/c1-6-22-9-7-10-24(36-2)26(22)33-27(25-11-8-18-37-25)30-31-28(33)32(17-20-39(3,4)5)38(34,35)19-16-21-12-14-23(29)15-13-21/h7-15,18H,6,16-17,19-20H2,1-5H3. The number of sulfonamides is 1. The van der Waals surface area contributed by atoms with E-state index in [0.29, 0.717) is 47.4 Å². The fourth-order valence-corrected chi connectivity index (χ4v) is 6.92. The molecule has 39 heavy (non-hydrogen) atoms. The van der Waals surface area contributed by atoms with E-state index < -0.39 is 18.1 Å². The van der Waals surface area contributed by atoms with Crippen LogP contribution in [0.25, 0.3) is 17.3 Å². The van der Waals surface area contributed by atoms with Crippen molar-refractivity contribution in [2.24, 2.45) is 0 Å². The summed E-state index contributed by atoms with van der Waals surface area (Å²) in [5, 5.41) is 9.53. The van der Waals surface area contributed by atoms with Crippen LogP contribution in [0.2, 0.25) is 30.7 Å². The summed E-state index contributed by atoms with van der Waals surface area (Å²) in [6, 6.07) is 17.3. The molecular weight excluding hydrogens is 552 g/mol. The van der Waals surface area contributed by atoms with Crippen molar-refractivity contribution in [2.75, 3.05) is 23.7 Å². The van der Waals surface area contributed by atoms with E-state index in [1.807, 2.05) is 37.3 Å². The quantitative estimate of drug-likeness (QED) is 0.177. The van der Waals surface area contributed by atoms with Crippen LogP contribution in [0.1, 0.15) is 18.1 Å². The summed E-state index contributed by atoms with van der Waals surface area (Å²) >= 11 is 6.03. The Balaban J connectivity index is 1.88. The van der Waals surface area contributed by atoms with Crippen LogP contribution in [0, 0.1) is 0 Å². The molecule has 0 aliphatic rings. The second-order valence-electron chi connectivity index (χ2n) is 10.5. The fraction of sp³-hybridized carbons (Fsp3) is 0.357. The van der Waals surface area contributed by atoms with Crippen molar-refractivity contribution in [3.05, 3.63) is 77.0 Å². The van der Waals surface area contributed by atoms with Gasteiger partial charge >= 0.3 is 0 Å². The van der Waals surface area contributed by atoms with E-state index in [4.69, 9.17) is 20.8 Å². The van der Waals surface area contributed by atoms with Gasteiger partial charge in [-0.1, -0.05) is 62.4 Å². The van der Waals surface area contributed by atoms with Gasteiger partial charge in [0.1, 0.15) is 5.75 Å². The number of furan rings is 1. The maximum absolute atomic E-state index is 14.1. The largest absolute Gasteiger partial charge is 0.495 e. The van der Waals surface area contributed by atoms with Crippen LogP contribution in [-0.2, 0) is 22.9 Å². The Morgan fingerprint density at radius 3 is 2.41 bits per heavy atom. The van der Waals surface area contributed by atoms with Crippen LogP contribution in [0.15, 0.2) is 65.3 Å². The number of hydrogen-bond acceptors (Lipinski definition) is 6. The van der Waals surface area contributed by atoms with Gasteiger partial charge in [0.25, 0.3) is 0 Å². The third kappa shape index (κ3) is 6.74. The summed E-state index contributed by atoms with van der Waals surface area (Å²) in [5.74, 6) is 1.60. The summed E-state index contributed by atoms with van der Waals surface area (Å²) in [5.41, 5.74) is 2.55. The van der Waals surface area contributed by atoms with Crippen LogP contribution >= 0.6 is 11.6 Å². The first-order valence-electron chi connectivity index (χ1n) is 12.9. The van der Waals surface area contributed by atoms with Gasteiger partial charge < -0.3 is 9.15 Å². The first-order valence-corrected chi connectivity index (χ1v) is 18.6. The van der Waals surface area contributed by atoms with Crippen LogP contribution < -0.4 is 9.04 Å². The van der Waals surface area contributed by atoms with E-state index in [1.165, 1.54) is 4.31 Å². The molecular formula is C28H35ClN4O4SSi. The molecule has 2 aromatic heterocycles. The number of anilines is 1. The predicted molar refractivity (Wildman–Crippen MR) is 159 cm³/mol. The van der Waals surface area contributed by atoms with E-state index >= 15 is 0 Å². The molecule has 0 amide bonds. The Labute approximate surface area is 236 Å². The van der Waals surface area contributed by atoms with E-state index in [9.17, 15) is 8.42 Å². The average Bonchev–Trinajstić information content (AvgIpc) is 3.57. The number of nitrogens with zero attached hydrogens (tertiary/aromatic N) is 4. The molecule has 11 heteroatoms. The molecule has 0 fully saturated rings. The van der Waals surface area contributed by atoms with E-state index in [-0.39, 0.29) is 11.7 Å². The fourth-order valence-electron chi connectivity index (χ4n) is 4.29. The molecule has 0 aliphatic carbocycles. The lowest BCUT2D eigenvalue weighted by Crippen LogP contribution is -2.39. The molecule has 2 heterocycles. The highest BCUT2D eigenvalue weighted by Crippen LogP contribution is 2.36. The minimum Gasteiger partial charge on any atom is -0.495 e. The average molecular weight is 587 g/mol. The highest BCUT2D eigenvalue weighted by Gasteiger charge is 2.33. The van der Waals surface area contributed by atoms with Gasteiger partial charge in [-0.15, -0.1) is 10.2 Å². The monoisotopic (exact) mass is 586 g/mol. The lowest BCUT2D eigenvalue weighted by Gasteiger charge is -2.27. The minimum absolute atomic E-state index is 0.0875. The lowest BCUT2D eigenvalue weighted by molar-refractivity contribution is 0.412. The minimum atomic E-state index is -3.80. The maximum atomic E-state index is 14.1. The Morgan fingerprint density at radius 1 is 1.05 bits per heavy atom. The maximum Gasteiger partial charge on any atom is 0.246 e. The second-order valence-corrected chi connectivity index (χ2v) is 18.6. The van der Waals surface area contributed by atoms with Gasteiger partial charge in [0.15, 0.2) is 5.76 Å².